The fourth-order valence-corrected chi connectivity index (χ4v) is 2.54. The predicted molar refractivity (Wildman–Crippen MR) is 97.0 cm³/mol. The zero-order valence-electron chi connectivity index (χ0n) is 14.1. The van der Waals surface area contributed by atoms with Crippen LogP contribution in [0.3, 0.4) is 0 Å². The summed E-state index contributed by atoms with van der Waals surface area (Å²) in [5.74, 6) is 1.44. The number of benzene rings is 2. The average Bonchev–Trinajstić information content (AvgIpc) is 3.12. The van der Waals surface area contributed by atoms with Crippen molar-refractivity contribution >= 4 is 12.0 Å². The van der Waals surface area contributed by atoms with E-state index in [4.69, 9.17) is 9.47 Å². The molecule has 0 fully saturated rings. The number of carbonyl (C=O) groups excluding carboxylic acids is 1. The van der Waals surface area contributed by atoms with Gasteiger partial charge in [0.15, 0.2) is 6.29 Å². The zero-order valence-corrected chi connectivity index (χ0v) is 14.1. The first kappa shape index (κ1) is 16.5. The molecule has 0 aliphatic rings. The molecule has 0 saturated heterocycles. The fourth-order valence-electron chi connectivity index (χ4n) is 2.54. The van der Waals surface area contributed by atoms with Crippen LogP contribution in [0.4, 0.5) is 0 Å². The molecule has 1 heterocycles. The van der Waals surface area contributed by atoms with Crippen molar-refractivity contribution < 1.29 is 14.3 Å². The van der Waals surface area contributed by atoms with Gasteiger partial charge >= 0.3 is 0 Å². The minimum absolute atomic E-state index is 0.484. The van der Waals surface area contributed by atoms with E-state index in [0.29, 0.717) is 22.7 Å². The summed E-state index contributed by atoms with van der Waals surface area (Å²) in [5.41, 5.74) is 3.38. The number of aromatic nitrogens is 2. The van der Waals surface area contributed by atoms with Crippen LogP contribution < -0.4 is 9.47 Å². The van der Waals surface area contributed by atoms with Gasteiger partial charge in [-0.3, -0.25) is 4.79 Å². The van der Waals surface area contributed by atoms with E-state index >= 15 is 0 Å². The minimum Gasteiger partial charge on any atom is -0.497 e. The molecule has 0 atom stereocenters. The lowest BCUT2D eigenvalue weighted by Crippen LogP contribution is -1.99. The van der Waals surface area contributed by atoms with Gasteiger partial charge in [0.05, 0.1) is 25.5 Å². The van der Waals surface area contributed by atoms with Crippen LogP contribution in [0.1, 0.15) is 15.9 Å². The molecule has 0 saturated carbocycles. The normalized spacial score (nSPS) is 10.3. The van der Waals surface area contributed by atoms with Gasteiger partial charge in [0.1, 0.15) is 17.2 Å². The third kappa shape index (κ3) is 3.30. The molecule has 0 aliphatic heterocycles. The monoisotopic (exact) mass is 334 g/mol. The topological polar surface area (TPSA) is 53.4 Å². The van der Waals surface area contributed by atoms with Gasteiger partial charge in [0.25, 0.3) is 0 Å². The van der Waals surface area contributed by atoms with E-state index in [1.54, 1.807) is 25.1 Å². The number of carbonyl (C=O) groups is 1. The number of hydrogen-bond donors (Lipinski definition) is 0. The number of rotatable bonds is 6. The molecule has 25 heavy (non-hydrogen) atoms. The van der Waals surface area contributed by atoms with Crippen molar-refractivity contribution in [3.05, 3.63) is 72.4 Å². The van der Waals surface area contributed by atoms with Gasteiger partial charge in [0.2, 0.25) is 0 Å². The average molecular weight is 334 g/mol. The van der Waals surface area contributed by atoms with Crippen molar-refractivity contribution in [1.82, 2.24) is 9.78 Å². The highest BCUT2D eigenvalue weighted by molar-refractivity contribution is 5.86. The summed E-state index contributed by atoms with van der Waals surface area (Å²) in [6.07, 6.45) is 2.46. The first-order valence-corrected chi connectivity index (χ1v) is 7.69. The fraction of sp³-hybridized carbons (Fsp3) is 0.100. The molecule has 0 spiro atoms. The number of ether oxygens (including phenoxy) is 2. The molecule has 5 heteroatoms. The Hall–Kier alpha value is -3.34. The Balaban J connectivity index is 2.02. The van der Waals surface area contributed by atoms with E-state index in [1.807, 2.05) is 48.5 Å². The van der Waals surface area contributed by atoms with Crippen LogP contribution in [-0.4, -0.2) is 30.3 Å². The molecule has 2 aromatic carbocycles. The largest absolute Gasteiger partial charge is 0.497 e. The Morgan fingerprint density at radius 2 is 1.76 bits per heavy atom. The SMILES string of the molecule is C=C(c1cccc(OC)c1)n1cc(C=O)c(-c2cccc(OC)c2)n1. The second-order valence-electron chi connectivity index (χ2n) is 5.41. The molecule has 0 N–H and O–H groups in total. The van der Waals surface area contributed by atoms with Crippen LogP contribution >= 0.6 is 0 Å². The summed E-state index contributed by atoms with van der Waals surface area (Å²) >= 11 is 0. The number of methoxy groups -OCH3 is 2. The van der Waals surface area contributed by atoms with Gasteiger partial charge < -0.3 is 9.47 Å². The molecule has 0 bridgehead atoms. The van der Waals surface area contributed by atoms with Crippen molar-refractivity contribution in [2.45, 2.75) is 0 Å². The summed E-state index contributed by atoms with van der Waals surface area (Å²) in [4.78, 5) is 11.5. The van der Waals surface area contributed by atoms with Gasteiger partial charge in [-0.05, 0) is 24.3 Å². The smallest absolute Gasteiger partial charge is 0.153 e. The highest BCUT2D eigenvalue weighted by Crippen LogP contribution is 2.27. The van der Waals surface area contributed by atoms with Gasteiger partial charge in [0, 0.05) is 17.3 Å². The Morgan fingerprint density at radius 3 is 2.44 bits per heavy atom. The van der Waals surface area contributed by atoms with Crippen LogP contribution in [0.2, 0.25) is 0 Å². The van der Waals surface area contributed by atoms with Crippen LogP contribution in [0.25, 0.3) is 17.0 Å². The number of hydrogen-bond acceptors (Lipinski definition) is 4. The molecule has 3 rings (SSSR count). The molecular formula is C20H18N2O3. The molecular weight excluding hydrogens is 316 g/mol. The summed E-state index contributed by atoms with van der Waals surface area (Å²) in [6, 6.07) is 15.0. The second kappa shape index (κ2) is 7.05. The Morgan fingerprint density at radius 1 is 1.08 bits per heavy atom. The summed E-state index contributed by atoms with van der Waals surface area (Å²) < 4.78 is 12.1. The van der Waals surface area contributed by atoms with E-state index in [2.05, 4.69) is 11.7 Å². The Kier molecular flexibility index (Phi) is 4.66. The quantitative estimate of drug-likeness (QED) is 0.642. The highest BCUT2D eigenvalue weighted by Gasteiger charge is 2.14. The van der Waals surface area contributed by atoms with Crippen molar-refractivity contribution in [3.8, 4) is 22.8 Å². The summed E-state index contributed by atoms with van der Waals surface area (Å²) in [5, 5.41) is 4.55. The van der Waals surface area contributed by atoms with Crippen molar-refractivity contribution in [1.29, 1.82) is 0 Å². The third-order valence-electron chi connectivity index (χ3n) is 3.89. The number of aldehydes is 1. The maximum Gasteiger partial charge on any atom is 0.153 e. The first-order chi connectivity index (χ1) is 12.2. The van der Waals surface area contributed by atoms with E-state index in [-0.39, 0.29) is 0 Å². The van der Waals surface area contributed by atoms with E-state index in [9.17, 15) is 4.79 Å². The second-order valence-corrected chi connectivity index (χ2v) is 5.41. The van der Waals surface area contributed by atoms with Crippen LogP contribution in [0.15, 0.2) is 61.3 Å². The van der Waals surface area contributed by atoms with Gasteiger partial charge in [-0.25, -0.2) is 4.68 Å². The van der Waals surface area contributed by atoms with Crippen molar-refractivity contribution in [2.24, 2.45) is 0 Å². The van der Waals surface area contributed by atoms with Gasteiger partial charge in [-0.15, -0.1) is 0 Å². The summed E-state index contributed by atoms with van der Waals surface area (Å²) in [6.45, 7) is 4.09. The van der Waals surface area contributed by atoms with Gasteiger partial charge in [-0.1, -0.05) is 30.8 Å². The molecule has 0 unspecified atom stereocenters. The first-order valence-electron chi connectivity index (χ1n) is 7.69. The van der Waals surface area contributed by atoms with E-state index in [0.717, 1.165) is 23.2 Å². The Bertz CT molecular complexity index is 928. The maximum absolute atomic E-state index is 11.5. The van der Waals surface area contributed by atoms with E-state index < -0.39 is 0 Å². The maximum atomic E-state index is 11.5. The lowest BCUT2D eigenvalue weighted by atomic mass is 10.1. The van der Waals surface area contributed by atoms with Crippen molar-refractivity contribution in [2.75, 3.05) is 14.2 Å². The van der Waals surface area contributed by atoms with Crippen molar-refractivity contribution in [3.63, 3.8) is 0 Å². The lowest BCUT2D eigenvalue weighted by molar-refractivity contribution is 0.112. The zero-order chi connectivity index (χ0) is 17.8. The molecule has 0 radical (unpaired) electrons. The molecule has 0 amide bonds. The lowest BCUT2D eigenvalue weighted by Gasteiger charge is -2.08. The molecule has 5 nitrogen and oxygen atoms in total. The van der Waals surface area contributed by atoms with Gasteiger partial charge in [-0.2, -0.15) is 5.10 Å². The molecule has 3 aromatic rings. The van der Waals surface area contributed by atoms with Crippen LogP contribution in [0.5, 0.6) is 11.5 Å². The van der Waals surface area contributed by atoms with Crippen LogP contribution in [0, 0.1) is 0 Å². The highest BCUT2D eigenvalue weighted by atomic mass is 16.5. The minimum atomic E-state index is 0.484. The molecule has 1 aromatic heterocycles. The van der Waals surface area contributed by atoms with Crippen LogP contribution in [-0.2, 0) is 0 Å². The third-order valence-corrected chi connectivity index (χ3v) is 3.89. The number of nitrogens with zero attached hydrogens (tertiary/aromatic N) is 2. The van der Waals surface area contributed by atoms with E-state index in [1.165, 1.54) is 0 Å². The molecule has 0 aliphatic carbocycles. The Labute approximate surface area is 146 Å². The predicted octanol–water partition coefficient (Wildman–Crippen LogP) is 3.90. The molecule has 126 valence electrons. The standard InChI is InChI=1S/C20H18N2O3/c1-14(15-6-4-8-18(10-15)24-2)22-12-17(13-23)20(21-22)16-7-5-9-19(11-16)25-3/h4-13H,1H2,2-3H3. The summed E-state index contributed by atoms with van der Waals surface area (Å²) in [7, 11) is 3.21.